The lowest BCUT2D eigenvalue weighted by molar-refractivity contribution is -0.151. The molecular weight excluding hydrogens is 252 g/mol. The Kier molecular flexibility index (Phi) is 3.96. The lowest BCUT2D eigenvalue weighted by Gasteiger charge is -2.22. The first-order valence-corrected chi connectivity index (χ1v) is 6.89. The summed E-state index contributed by atoms with van der Waals surface area (Å²) >= 11 is 1.47. The third-order valence-corrected chi connectivity index (χ3v) is 4.21. The molecule has 6 heteroatoms. The number of carboxylic acid groups (broad SMARTS) is 1. The standard InChI is InChI=1S/C12H16N2O3S/c15-9(14-8-10-13-5-6-18-10)7-12(11(16)17)3-1-2-4-12/h5-6H,1-4,7-8H2,(H,14,15)(H,16,17). The zero-order chi connectivity index (χ0) is 13.0. The molecule has 1 aromatic heterocycles. The minimum Gasteiger partial charge on any atom is -0.481 e. The van der Waals surface area contributed by atoms with E-state index in [1.54, 1.807) is 6.20 Å². The monoisotopic (exact) mass is 268 g/mol. The average molecular weight is 268 g/mol. The Hall–Kier alpha value is -1.43. The van der Waals surface area contributed by atoms with Crippen molar-refractivity contribution in [1.82, 2.24) is 10.3 Å². The molecule has 2 N–H and O–H groups in total. The van der Waals surface area contributed by atoms with Crippen molar-refractivity contribution in [2.75, 3.05) is 0 Å². The molecule has 0 aromatic carbocycles. The quantitative estimate of drug-likeness (QED) is 0.853. The highest BCUT2D eigenvalue weighted by Crippen LogP contribution is 2.41. The van der Waals surface area contributed by atoms with Gasteiger partial charge in [0.1, 0.15) is 5.01 Å². The van der Waals surface area contributed by atoms with Crippen molar-refractivity contribution in [3.8, 4) is 0 Å². The number of nitrogens with zero attached hydrogens (tertiary/aromatic N) is 1. The fourth-order valence-corrected chi connectivity index (χ4v) is 2.96. The van der Waals surface area contributed by atoms with Crippen LogP contribution in [0.25, 0.3) is 0 Å². The summed E-state index contributed by atoms with van der Waals surface area (Å²) in [6, 6.07) is 0. The Balaban J connectivity index is 1.88. The van der Waals surface area contributed by atoms with Gasteiger partial charge in [-0.25, -0.2) is 4.98 Å². The van der Waals surface area contributed by atoms with E-state index in [4.69, 9.17) is 0 Å². The second-order valence-electron chi connectivity index (χ2n) is 4.67. The third kappa shape index (κ3) is 2.87. The maximum Gasteiger partial charge on any atom is 0.310 e. The lowest BCUT2D eigenvalue weighted by atomic mass is 9.82. The van der Waals surface area contributed by atoms with Crippen LogP contribution in [0.2, 0.25) is 0 Å². The molecule has 0 aliphatic heterocycles. The fourth-order valence-electron chi connectivity index (χ4n) is 2.40. The number of amides is 1. The zero-order valence-corrected chi connectivity index (χ0v) is 10.8. The van der Waals surface area contributed by atoms with Crippen molar-refractivity contribution in [2.24, 2.45) is 5.41 Å². The summed E-state index contributed by atoms with van der Waals surface area (Å²) in [5, 5.41) is 14.7. The Morgan fingerprint density at radius 3 is 2.72 bits per heavy atom. The van der Waals surface area contributed by atoms with E-state index in [9.17, 15) is 14.7 Å². The van der Waals surface area contributed by atoms with Crippen LogP contribution in [-0.4, -0.2) is 22.0 Å². The number of carbonyl (C=O) groups excluding carboxylic acids is 1. The van der Waals surface area contributed by atoms with Gasteiger partial charge in [0.2, 0.25) is 5.91 Å². The molecule has 0 atom stereocenters. The van der Waals surface area contributed by atoms with Crippen LogP contribution in [-0.2, 0) is 16.1 Å². The Labute approximate surface area is 109 Å². The van der Waals surface area contributed by atoms with E-state index >= 15 is 0 Å². The van der Waals surface area contributed by atoms with Crippen LogP contribution in [0.1, 0.15) is 37.1 Å². The van der Waals surface area contributed by atoms with Gasteiger partial charge in [-0.05, 0) is 12.8 Å². The van der Waals surface area contributed by atoms with Gasteiger partial charge in [-0.1, -0.05) is 12.8 Å². The number of aromatic nitrogens is 1. The van der Waals surface area contributed by atoms with E-state index in [0.717, 1.165) is 17.8 Å². The largest absolute Gasteiger partial charge is 0.481 e. The molecule has 0 bridgehead atoms. The molecule has 1 aromatic rings. The summed E-state index contributed by atoms with van der Waals surface area (Å²) in [6.07, 6.45) is 4.76. The minimum absolute atomic E-state index is 0.0771. The third-order valence-electron chi connectivity index (χ3n) is 3.43. The molecule has 0 unspecified atom stereocenters. The van der Waals surface area contributed by atoms with Gasteiger partial charge in [0.25, 0.3) is 0 Å². The molecule has 1 saturated carbocycles. The molecule has 1 amide bonds. The van der Waals surface area contributed by atoms with Crippen molar-refractivity contribution in [3.05, 3.63) is 16.6 Å². The molecule has 1 aliphatic carbocycles. The van der Waals surface area contributed by atoms with Crippen LogP contribution in [0.3, 0.4) is 0 Å². The van der Waals surface area contributed by atoms with Crippen LogP contribution in [0.4, 0.5) is 0 Å². The highest BCUT2D eigenvalue weighted by atomic mass is 32.1. The number of hydrogen-bond acceptors (Lipinski definition) is 4. The number of nitrogens with one attached hydrogen (secondary N) is 1. The molecule has 5 nitrogen and oxygen atoms in total. The molecule has 2 rings (SSSR count). The molecule has 0 radical (unpaired) electrons. The van der Waals surface area contributed by atoms with Crippen molar-refractivity contribution >= 4 is 23.2 Å². The molecule has 1 heterocycles. The van der Waals surface area contributed by atoms with Gasteiger partial charge in [-0.3, -0.25) is 9.59 Å². The van der Waals surface area contributed by atoms with Gasteiger partial charge in [0.15, 0.2) is 0 Å². The highest BCUT2D eigenvalue weighted by molar-refractivity contribution is 7.09. The molecule has 1 aliphatic rings. The topological polar surface area (TPSA) is 79.3 Å². The average Bonchev–Trinajstić information content (AvgIpc) is 2.97. The van der Waals surface area contributed by atoms with Crippen LogP contribution < -0.4 is 5.32 Å². The number of rotatable bonds is 5. The zero-order valence-electron chi connectivity index (χ0n) is 10.0. The normalized spacial score (nSPS) is 17.6. The van der Waals surface area contributed by atoms with Crippen molar-refractivity contribution in [1.29, 1.82) is 0 Å². The van der Waals surface area contributed by atoms with Gasteiger partial charge >= 0.3 is 5.97 Å². The van der Waals surface area contributed by atoms with Gasteiger partial charge in [-0.15, -0.1) is 11.3 Å². The predicted octanol–water partition coefficient (Wildman–Crippen LogP) is 1.79. The van der Waals surface area contributed by atoms with Crippen molar-refractivity contribution in [2.45, 2.75) is 38.6 Å². The Morgan fingerprint density at radius 1 is 1.44 bits per heavy atom. The van der Waals surface area contributed by atoms with E-state index in [1.807, 2.05) is 5.38 Å². The second-order valence-corrected chi connectivity index (χ2v) is 5.65. The highest BCUT2D eigenvalue weighted by Gasteiger charge is 2.42. The summed E-state index contributed by atoms with van der Waals surface area (Å²) in [5.74, 6) is -1.04. The SMILES string of the molecule is O=C(CC1(C(=O)O)CCCC1)NCc1nccs1. The number of carboxylic acids is 1. The first-order chi connectivity index (χ1) is 8.62. The number of carbonyl (C=O) groups is 2. The Bertz CT molecular complexity index is 425. The van der Waals surface area contributed by atoms with E-state index in [1.165, 1.54) is 11.3 Å². The van der Waals surface area contributed by atoms with E-state index in [0.29, 0.717) is 19.4 Å². The van der Waals surface area contributed by atoms with Crippen LogP contribution >= 0.6 is 11.3 Å². The van der Waals surface area contributed by atoms with Gasteiger partial charge in [0, 0.05) is 18.0 Å². The predicted molar refractivity (Wildman–Crippen MR) is 67.1 cm³/mol. The van der Waals surface area contributed by atoms with Gasteiger partial charge in [-0.2, -0.15) is 0 Å². The van der Waals surface area contributed by atoms with Gasteiger partial charge < -0.3 is 10.4 Å². The Morgan fingerprint density at radius 2 is 2.17 bits per heavy atom. The van der Waals surface area contributed by atoms with Crippen LogP contribution in [0, 0.1) is 5.41 Å². The molecule has 0 spiro atoms. The van der Waals surface area contributed by atoms with Crippen LogP contribution in [0.15, 0.2) is 11.6 Å². The summed E-state index contributed by atoms with van der Waals surface area (Å²) in [6.45, 7) is 0.381. The fraction of sp³-hybridized carbons (Fsp3) is 0.583. The van der Waals surface area contributed by atoms with Crippen molar-refractivity contribution < 1.29 is 14.7 Å². The van der Waals surface area contributed by atoms with Crippen LogP contribution in [0.5, 0.6) is 0 Å². The number of hydrogen-bond donors (Lipinski definition) is 2. The summed E-state index contributed by atoms with van der Waals surface area (Å²) < 4.78 is 0. The molecule has 1 fully saturated rings. The van der Waals surface area contributed by atoms with Crippen molar-refractivity contribution in [3.63, 3.8) is 0 Å². The molecule has 18 heavy (non-hydrogen) atoms. The lowest BCUT2D eigenvalue weighted by Crippen LogP contribution is -2.35. The van der Waals surface area contributed by atoms with Gasteiger partial charge in [0.05, 0.1) is 12.0 Å². The smallest absolute Gasteiger partial charge is 0.310 e. The maximum absolute atomic E-state index is 11.8. The first-order valence-electron chi connectivity index (χ1n) is 6.01. The summed E-state index contributed by atoms with van der Waals surface area (Å²) in [7, 11) is 0. The minimum atomic E-state index is -0.843. The van der Waals surface area contributed by atoms with E-state index in [2.05, 4.69) is 10.3 Å². The molecule has 98 valence electrons. The molecule has 0 saturated heterocycles. The van der Waals surface area contributed by atoms with E-state index in [-0.39, 0.29) is 12.3 Å². The number of aliphatic carboxylic acids is 1. The van der Waals surface area contributed by atoms with E-state index < -0.39 is 11.4 Å². The number of thiazole rings is 1. The molecular formula is C12H16N2O3S. The first kappa shape index (κ1) is 13.0. The summed E-state index contributed by atoms with van der Waals surface area (Å²) in [5.41, 5.74) is -0.840. The maximum atomic E-state index is 11.8. The summed E-state index contributed by atoms with van der Waals surface area (Å²) in [4.78, 5) is 27.2. The second kappa shape index (κ2) is 5.48.